The molecule has 0 spiro atoms. The Balaban J connectivity index is 1.38. The highest BCUT2D eigenvalue weighted by atomic mass is 32.2. The van der Waals surface area contributed by atoms with E-state index in [4.69, 9.17) is 5.73 Å². The zero-order valence-electron chi connectivity index (χ0n) is 13.5. The van der Waals surface area contributed by atoms with Crippen molar-refractivity contribution in [3.63, 3.8) is 0 Å². The summed E-state index contributed by atoms with van der Waals surface area (Å²) >= 11 is 3.06. The van der Waals surface area contributed by atoms with E-state index < -0.39 is 5.91 Å². The molecule has 2 saturated heterocycles. The van der Waals surface area contributed by atoms with Gasteiger partial charge in [-0.05, 0) is 55.7 Å². The summed E-state index contributed by atoms with van der Waals surface area (Å²) < 4.78 is 1.04. The first-order valence-corrected chi connectivity index (χ1v) is 9.96. The molecule has 2 aromatic rings. The number of benzene rings is 1. The molecule has 5 nitrogen and oxygen atoms in total. The number of primary amides is 1. The van der Waals surface area contributed by atoms with Crippen LogP contribution in [0, 0.1) is 0 Å². The van der Waals surface area contributed by atoms with Crippen molar-refractivity contribution < 1.29 is 9.59 Å². The van der Waals surface area contributed by atoms with Crippen LogP contribution in [0.5, 0.6) is 0 Å². The fourth-order valence-corrected chi connectivity index (χ4v) is 5.53. The molecule has 2 aliphatic rings. The lowest BCUT2D eigenvalue weighted by Gasteiger charge is -2.20. The van der Waals surface area contributed by atoms with Gasteiger partial charge < -0.3 is 16.4 Å². The molecule has 25 heavy (non-hydrogen) atoms. The molecule has 2 fully saturated rings. The van der Waals surface area contributed by atoms with Crippen LogP contribution in [-0.4, -0.2) is 29.9 Å². The van der Waals surface area contributed by atoms with Crippen molar-refractivity contribution in [1.29, 1.82) is 0 Å². The van der Waals surface area contributed by atoms with Crippen LogP contribution >= 0.6 is 23.1 Å². The van der Waals surface area contributed by atoms with Gasteiger partial charge in [-0.3, -0.25) is 9.59 Å². The zero-order chi connectivity index (χ0) is 17.4. The molecule has 7 heteroatoms. The van der Waals surface area contributed by atoms with Crippen LogP contribution in [0.1, 0.15) is 39.3 Å². The van der Waals surface area contributed by atoms with Gasteiger partial charge in [0.25, 0.3) is 5.91 Å². The van der Waals surface area contributed by atoms with Crippen molar-refractivity contribution in [1.82, 2.24) is 10.6 Å². The molecular formula is C18H19N3O2S2. The largest absolute Gasteiger partial charge is 0.366 e. The van der Waals surface area contributed by atoms with Crippen LogP contribution < -0.4 is 16.4 Å². The minimum atomic E-state index is -0.429. The topological polar surface area (TPSA) is 84.2 Å². The Kier molecular flexibility index (Phi) is 4.54. The maximum atomic E-state index is 12.5. The molecule has 1 aromatic heterocycles. The van der Waals surface area contributed by atoms with Gasteiger partial charge in [0.1, 0.15) is 0 Å². The summed E-state index contributed by atoms with van der Waals surface area (Å²) in [6, 6.07) is 12.3. The molecule has 1 aromatic carbocycles. The number of carbonyl (C=O) groups excluding carboxylic acids is 2. The normalized spacial score (nSPS) is 24.4. The third kappa shape index (κ3) is 3.58. The van der Waals surface area contributed by atoms with Crippen LogP contribution in [0.4, 0.5) is 0 Å². The smallest absolute Gasteiger partial charge is 0.261 e. The summed E-state index contributed by atoms with van der Waals surface area (Å²) in [7, 11) is 0. The van der Waals surface area contributed by atoms with Crippen LogP contribution in [-0.2, 0) is 0 Å². The second kappa shape index (κ2) is 6.82. The van der Waals surface area contributed by atoms with Gasteiger partial charge in [-0.2, -0.15) is 0 Å². The Bertz CT molecular complexity index is 803. The Hall–Kier alpha value is -1.83. The van der Waals surface area contributed by atoms with E-state index in [-0.39, 0.29) is 11.9 Å². The molecule has 0 saturated carbocycles. The molecule has 2 bridgehead atoms. The maximum absolute atomic E-state index is 12.5. The van der Waals surface area contributed by atoms with E-state index >= 15 is 0 Å². The fourth-order valence-electron chi connectivity index (χ4n) is 3.52. The molecule has 0 radical (unpaired) electrons. The summed E-state index contributed by atoms with van der Waals surface area (Å²) in [5.41, 5.74) is 5.75. The van der Waals surface area contributed by atoms with Crippen molar-refractivity contribution in [2.75, 3.05) is 0 Å². The van der Waals surface area contributed by atoms with Crippen LogP contribution in [0.3, 0.4) is 0 Å². The van der Waals surface area contributed by atoms with Gasteiger partial charge >= 0.3 is 0 Å². The van der Waals surface area contributed by atoms with Crippen LogP contribution in [0.2, 0.25) is 0 Å². The molecule has 4 rings (SSSR count). The third-order valence-electron chi connectivity index (χ3n) is 4.78. The second-order valence-corrected chi connectivity index (χ2v) is 8.93. The second-order valence-electron chi connectivity index (χ2n) is 6.47. The standard InChI is InChI=1S/C18H19N3O2S2/c19-17(22)10-1-4-12(5-2-10)24-16-8-7-15(25-16)18(23)21-14-9-11-3-6-13(14)20-11/h1-2,4-5,7-8,11,13-14,20H,3,6,9H2,(H2,19,22)(H,21,23). The number of nitrogens with two attached hydrogens (primary N) is 1. The summed E-state index contributed by atoms with van der Waals surface area (Å²) in [4.78, 5) is 25.3. The fraction of sp³-hybridized carbons (Fsp3) is 0.333. The molecule has 130 valence electrons. The summed E-state index contributed by atoms with van der Waals surface area (Å²) in [5, 5.41) is 6.71. The van der Waals surface area contributed by atoms with E-state index in [9.17, 15) is 9.59 Å². The van der Waals surface area contributed by atoms with Gasteiger partial charge in [-0.1, -0.05) is 11.8 Å². The number of amides is 2. The van der Waals surface area contributed by atoms with Crippen LogP contribution in [0.25, 0.3) is 0 Å². The van der Waals surface area contributed by atoms with E-state index in [0.717, 1.165) is 26.8 Å². The van der Waals surface area contributed by atoms with Gasteiger partial charge in [-0.25, -0.2) is 0 Å². The van der Waals surface area contributed by atoms with Crippen molar-refractivity contribution in [3.8, 4) is 0 Å². The molecule has 3 unspecified atom stereocenters. The highest BCUT2D eigenvalue weighted by Gasteiger charge is 2.39. The summed E-state index contributed by atoms with van der Waals surface area (Å²) in [6.07, 6.45) is 3.42. The SMILES string of the molecule is NC(=O)c1ccc(Sc2ccc(C(=O)NC3CC4CCC3N4)s2)cc1. The maximum Gasteiger partial charge on any atom is 0.261 e. The molecule has 4 N–H and O–H groups in total. The Morgan fingerprint density at radius 1 is 1.16 bits per heavy atom. The number of nitrogens with one attached hydrogen (secondary N) is 2. The summed E-state index contributed by atoms with van der Waals surface area (Å²) in [6.45, 7) is 0. The molecule has 2 amide bonds. The van der Waals surface area contributed by atoms with Gasteiger partial charge in [0.2, 0.25) is 5.91 Å². The molecular weight excluding hydrogens is 354 g/mol. The van der Waals surface area contributed by atoms with Crippen molar-refractivity contribution in [2.24, 2.45) is 5.73 Å². The van der Waals surface area contributed by atoms with Crippen molar-refractivity contribution in [3.05, 3.63) is 46.8 Å². The lowest BCUT2D eigenvalue weighted by Crippen LogP contribution is -2.42. The number of hydrogen-bond donors (Lipinski definition) is 3. The molecule has 2 aliphatic heterocycles. The lowest BCUT2D eigenvalue weighted by molar-refractivity contribution is 0.0934. The highest BCUT2D eigenvalue weighted by Crippen LogP contribution is 2.34. The molecule has 0 aliphatic carbocycles. The minimum Gasteiger partial charge on any atom is -0.366 e. The predicted octanol–water partition coefficient (Wildman–Crippen LogP) is 2.62. The summed E-state index contributed by atoms with van der Waals surface area (Å²) in [5.74, 6) is -0.415. The first kappa shape index (κ1) is 16.6. The number of hydrogen-bond acceptors (Lipinski definition) is 5. The quantitative estimate of drug-likeness (QED) is 0.752. The first-order chi connectivity index (χ1) is 12.1. The van der Waals surface area contributed by atoms with Gasteiger partial charge in [0, 0.05) is 28.6 Å². The monoisotopic (exact) mass is 373 g/mol. The Labute approximate surface area is 154 Å². The molecule has 3 atom stereocenters. The molecule has 3 heterocycles. The number of thiophene rings is 1. The van der Waals surface area contributed by atoms with E-state index in [2.05, 4.69) is 10.6 Å². The van der Waals surface area contributed by atoms with Crippen LogP contribution in [0.15, 0.2) is 45.5 Å². The minimum absolute atomic E-state index is 0.0141. The van der Waals surface area contributed by atoms with E-state index in [1.54, 1.807) is 23.9 Å². The van der Waals surface area contributed by atoms with Crippen molar-refractivity contribution >= 4 is 34.9 Å². The first-order valence-electron chi connectivity index (χ1n) is 8.33. The highest BCUT2D eigenvalue weighted by molar-refractivity contribution is 8.01. The van der Waals surface area contributed by atoms with E-state index in [1.165, 1.54) is 17.8 Å². The Morgan fingerprint density at radius 2 is 1.96 bits per heavy atom. The number of rotatable bonds is 5. The van der Waals surface area contributed by atoms with Gasteiger partial charge in [0.15, 0.2) is 0 Å². The van der Waals surface area contributed by atoms with Crippen molar-refractivity contribution in [2.45, 2.75) is 46.5 Å². The lowest BCUT2D eigenvalue weighted by atomic mass is 9.95. The number of carbonyl (C=O) groups is 2. The Morgan fingerprint density at radius 3 is 2.60 bits per heavy atom. The average Bonchev–Trinajstić information content (AvgIpc) is 3.32. The predicted molar refractivity (Wildman–Crippen MR) is 99.2 cm³/mol. The van der Waals surface area contributed by atoms with Gasteiger partial charge in [-0.15, -0.1) is 11.3 Å². The van der Waals surface area contributed by atoms with Gasteiger partial charge in [0.05, 0.1) is 9.09 Å². The zero-order valence-corrected chi connectivity index (χ0v) is 15.2. The third-order valence-corrected chi connectivity index (χ3v) is 7.00. The average molecular weight is 374 g/mol. The van der Waals surface area contributed by atoms with E-state index in [1.807, 2.05) is 24.3 Å². The van der Waals surface area contributed by atoms with E-state index in [0.29, 0.717) is 17.6 Å². The number of fused-ring (bicyclic) bond motifs is 2.